The summed E-state index contributed by atoms with van der Waals surface area (Å²) in [6.45, 7) is 2.71. The number of hydrogen-bond donors (Lipinski definition) is 2. The van der Waals surface area contributed by atoms with Crippen molar-refractivity contribution in [1.82, 2.24) is 9.78 Å². The van der Waals surface area contributed by atoms with Crippen LogP contribution in [0.3, 0.4) is 0 Å². The van der Waals surface area contributed by atoms with Crippen molar-refractivity contribution in [3.05, 3.63) is 64.8 Å². The SMILES string of the molecule is CCC(CCCl)C(c1ccc([SH](=O)=O)s1)c1ccnn1Cc1ccc(O)cc1. The Morgan fingerprint density at radius 2 is 1.93 bits per heavy atom. The number of alkyl halides is 1. The molecule has 0 bridgehead atoms. The van der Waals surface area contributed by atoms with Crippen molar-refractivity contribution in [3.63, 3.8) is 0 Å². The van der Waals surface area contributed by atoms with Gasteiger partial charge in [-0.25, -0.2) is 8.42 Å². The molecule has 0 radical (unpaired) electrons. The summed E-state index contributed by atoms with van der Waals surface area (Å²) in [6, 6.07) is 12.6. The van der Waals surface area contributed by atoms with Crippen LogP contribution in [0.5, 0.6) is 5.75 Å². The smallest absolute Gasteiger partial charge is 0.177 e. The third kappa shape index (κ3) is 4.77. The summed E-state index contributed by atoms with van der Waals surface area (Å²) >= 11 is 7.39. The first-order chi connectivity index (χ1) is 13.5. The fraction of sp³-hybridized carbons (Fsp3) is 0.350. The van der Waals surface area contributed by atoms with Crippen LogP contribution in [0.2, 0.25) is 0 Å². The summed E-state index contributed by atoms with van der Waals surface area (Å²) in [7, 11) is -2.59. The van der Waals surface area contributed by atoms with Gasteiger partial charge in [-0.2, -0.15) is 5.10 Å². The van der Waals surface area contributed by atoms with Gasteiger partial charge in [0.15, 0.2) is 10.7 Å². The molecular formula is C20H23ClN2O3S2. The van der Waals surface area contributed by atoms with E-state index in [1.54, 1.807) is 24.4 Å². The summed E-state index contributed by atoms with van der Waals surface area (Å²) in [4.78, 5) is 1.01. The van der Waals surface area contributed by atoms with Gasteiger partial charge in [0.05, 0.1) is 6.54 Å². The van der Waals surface area contributed by atoms with Crippen molar-refractivity contribution in [3.8, 4) is 5.75 Å². The van der Waals surface area contributed by atoms with Crippen LogP contribution in [0.15, 0.2) is 52.9 Å². The number of phenolic OH excluding ortho intramolecular Hbond substituents is 1. The molecule has 2 aromatic heterocycles. The summed E-state index contributed by atoms with van der Waals surface area (Å²) in [5.41, 5.74) is 2.07. The molecule has 0 amide bonds. The van der Waals surface area contributed by atoms with Crippen molar-refractivity contribution < 1.29 is 13.5 Å². The van der Waals surface area contributed by atoms with Gasteiger partial charge in [0.1, 0.15) is 9.96 Å². The van der Waals surface area contributed by atoms with Crippen molar-refractivity contribution in [2.75, 3.05) is 5.88 Å². The number of hydrogen-bond acceptors (Lipinski definition) is 5. The topological polar surface area (TPSA) is 72.2 Å². The molecule has 0 spiro atoms. The van der Waals surface area contributed by atoms with Crippen LogP contribution in [-0.2, 0) is 17.2 Å². The minimum atomic E-state index is -2.59. The Morgan fingerprint density at radius 3 is 2.54 bits per heavy atom. The summed E-state index contributed by atoms with van der Waals surface area (Å²) in [5, 5.41) is 14.0. The maximum Gasteiger partial charge on any atom is 0.177 e. The number of nitrogens with zero attached hydrogens (tertiary/aromatic N) is 2. The van der Waals surface area contributed by atoms with Crippen LogP contribution in [0.4, 0.5) is 0 Å². The first kappa shape index (κ1) is 20.9. The highest BCUT2D eigenvalue weighted by molar-refractivity contribution is 7.75. The molecule has 2 atom stereocenters. The first-order valence-electron chi connectivity index (χ1n) is 9.13. The third-order valence-electron chi connectivity index (χ3n) is 4.91. The molecule has 0 aliphatic rings. The lowest BCUT2D eigenvalue weighted by Gasteiger charge is -2.26. The Hall–Kier alpha value is -1.83. The number of aromatic hydroxyl groups is 1. The second kappa shape index (κ2) is 9.58. The zero-order valence-corrected chi connectivity index (χ0v) is 18.0. The number of aromatic nitrogens is 2. The molecule has 0 saturated heterocycles. The van der Waals surface area contributed by atoms with Crippen LogP contribution in [0.1, 0.15) is 41.8 Å². The number of halogens is 1. The molecule has 150 valence electrons. The van der Waals surface area contributed by atoms with Crippen LogP contribution >= 0.6 is 22.9 Å². The van der Waals surface area contributed by atoms with Gasteiger partial charge < -0.3 is 5.11 Å². The maximum atomic E-state index is 11.4. The second-order valence-electron chi connectivity index (χ2n) is 6.64. The Kier molecular flexibility index (Phi) is 7.15. The molecular weight excluding hydrogens is 416 g/mol. The van der Waals surface area contributed by atoms with E-state index < -0.39 is 10.7 Å². The van der Waals surface area contributed by atoms with Crippen molar-refractivity contribution >= 4 is 33.6 Å². The van der Waals surface area contributed by atoms with Crippen molar-refractivity contribution in [2.45, 2.75) is 36.4 Å². The molecule has 1 aromatic carbocycles. The number of thiol groups is 1. The van der Waals surface area contributed by atoms with E-state index in [0.29, 0.717) is 16.6 Å². The lowest BCUT2D eigenvalue weighted by Crippen LogP contribution is -2.18. The average Bonchev–Trinajstić information content (AvgIpc) is 3.34. The fourth-order valence-corrected chi connectivity index (χ4v) is 5.53. The average molecular weight is 439 g/mol. The van der Waals surface area contributed by atoms with E-state index >= 15 is 0 Å². The highest BCUT2D eigenvalue weighted by atomic mass is 35.5. The predicted molar refractivity (Wildman–Crippen MR) is 113 cm³/mol. The molecule has 5 nitrogen and oxygen atoms in total. The minimum absolute atomic E-state index is 0.0251. The second-order valence-corrected chi connectivity index (χ2v) is 9.43. The first-order valence-corrected chi connectivity index (χ1v) is 11.7. The summed E-state index contributed by atoms with van der Waals surface area (Å²) < 4.78 is 25.1. The molecule has 3 aromatic rings. The minimum Gasteiger partial charge on any atom is -0.508 e. The van der Waals surface area contributed by atoms with E-state index in [4.69, 9.17) is 11.6 Å². The largest absolute Gasteiger partial charge is 0.508 e. The highest BCUT2D eigenvalue weighted by Gasteiger charge is 2.28. The van der Waals surface area contributed by atoms with Crippen LogP contribution in [0.25, 0.3) is 0 Å². The van der Waals surface area contributed by atoms with Gasteiger partial charge in [-0.1, -0.05) is 25.5 Å². The molecule has 8 heteroatoms. The van der Waals surface area contributed by atoms with E-state index in [0.717, 1.165) is 29.0 Å². The molecule has 0 saturated carbocycles. The Labute approximate surface area is 175 Å². The summed E-state index contributed by atoms with van der Waals surface area (Å²) in [5.74, 6) is 1.09. The third-order valence-corrected chi connectivity index (χ3v) is 7.33. The molecule has 28 heavy (non-hydrogen) atoms. The van der Waals surface area contributed by atoms with E-state index in [2.05, 4.69) is 12.0 Å². The quantitative estimate of drug-likeness (QED) is 0.382. The molecule has 0 fully saturated rings. The van der Waals surface area contributed by atoms with Gasteiger partial charge in [-0.05, 0) is 48.2 Å². The van der Waals surface area contributed by atoms with E-state index in [1.165, 1.54) is 11.3 Å². The van der Waals surface area contributed by atoms with Gasteiger partial charge >= 0.3 is 0 Å². The standard InChI is InChI=1S/C20H23ClN2O3S2/c1-2-15(9-11-21)20(18-7-8-19(27-18)28(25)26)17-10-12-22-23(17)13-14-3-5-16(24)6-4-14/h3-8,10,12,15,20,24,28H,2,9,11,13H2,1H3. The number of thiophene rings is 1. The van der Waals surface area contributed by atoms with Gasteiger partial charge in [0.25, 0.3) is 0 Å². The molecule has 3 rings (SSSR count). The highest BCUT2D eigenvalue weighted by Crippen LogP contribution is 2.40. The van der Waals surface area contributed by atoms with Crippen molar-refractivity contribution in [1.29, 1.82) is 0 Å². The van der Waals surface area contributed by atoms with E-state index in [1.807, 2.05) is 28.9 Å². The van der Waals surface area contributed by atoms with Gasteiger partial charge in [0.2, 0.25) is 0 Å². The van der Waals surface area contributed by atoms with Gasteiger partial charge in [-0.15, -0.1) is 22.9 Å². The number of phenols is 1. The molecule has 1 N–H and O–H groups in total. The zero-order valence-electron chi connectivity index (χ0n) is 15.5. The van der Waals surface area contributed by atoms with Crippen LogP contribution in [0, 0.1) is 5.92 Å². The lowest BCUT2D eigenvalue weighted by molar-refractivity contribution is 0.422. The zero-order chi connectivity index (χ0) is 20.1. The van der Waals surface area contributed by atoms with E-state index in [-0.39, 0.29) is 17.6 Å². The van der Waals surface area contributed by atoms with Crippen molar-refractivity contribution in [2.24, 2.45) is 5.92 Å². The van der Waals surface area contributed by atoms with E-state index in [9.17, 15) is 13.5 Å². The van der Waals surface area contributed by atoms with Gasteiger partial charge in [0, 0.05) is 28.6 Å². The number of benzene rings is 1. The van der Waals surface area contributed by atoms with Crippen LogP contribution in [-0.4, -0.2) is 29.2 Å². The van der Waals surface area contributed by atoms with Crippen LogP contribution < -0.4 is 0 Å². The molecule has 0 aliphatic heterocycles. The Bertz CT molecular complexity index is 972. The monoisotopic (exact) mass is 438 g/mol. The van der Waals surface area contributed by atoms with Gasteiger partial charge in [-0.3, -0.25) is 4.68 Å². The predicted octanol–water partition coefficient (Wildman–Crippen LogP) is 4.46. The Balaban J connectivity index is 2.00. The number of rotatable bonds is 9. The molecule has 2 heterocycles. The summed E-state index contributed by atoms with van der Waals surface area (Å²) in [6.07, 6.45) is 3.54. The Morgan fingerprint density at radius 1 is 1.18 bits per heavy atom. The molecule has 0 aliphatic carbocycles. The molecule has 2 unspecified atom stereocenters. The normalized spacial score (nSPS) is 13.7. The maximum absolute atomic E-state index is 11.4. The lowest BCUT2D eigenvalue weighted by atomic mass is 9.84. The fourth-order valence-electron chi connectivity index (χ4n) is 3.49.